The van der Waals surface area contributed by atoms with Crippen molar-refractivity contribution in [2.45, 2.75) is 109 Å². The quantitative estimate of drug-likeness (QED) is 0.246. The van der Waals surface area contributed by atoms with Crippen LogP contribution < -0.4 is 26.4 Å². The zero-order valence-electron chi connectivity index (χ0n) is 25.2. The van der Waals surface area contributed by atoms with Crippen LogP contribution in [0.1, 0.15) is 72.1 Å². The van der Waals surface area contributed by atoms with Crippen LogP contribution >= 0.6 is 11.6 Å². The Labute approximate surface area is 257 Å². The standard InChI is InChI=1S/C30H45ClN6O6/c1-30(2,3)25(36-28(41)24(32)17-7-5-4-6-8-17)29(42)37-16-20(43-23-12-9-18(31)14-33-23)13-21(37)26(39)34-15-22(38)27(40)35-19-10-11-19/h9,12,14,17,19-22,24-25,38H,4-8,10-11,13,15-16,32H2,1-3H3,(H,34,39)(H,35,40)(H,36,41)/t20-,21+,22?,24+,25-/m1/s1. The second kappa shape index (κ2) is 14.2. The summed E-state index contributed by atoms with van der Waals surface area (Å²) in [6.07, 6.45) is 6.22. The summed E-state index contributed by atoms with van der Waals surface area (Å²) in [5.41, 5.74) is 5.66. The number of carbonyl (C=O) groups excluding carboxylic acids is 4. The Morgan fingerprint density at radius 1 is 1.12 bits per heavy atom. The van der Waals surface area contributed by atoms with E-state index in [1.807, 2.05) is 20.8 Å². The Bertz CT molecular complexity index is 1150. The fourth-order valence-corrected chi connectivity index (χ4v) is 5.78. The molecule has 1 unspecified atom stereocenters. The van der Waals surface area contributed by atoms with Crippen LogP contribution in [0.3, 0.4) is 0 Å². The smallest absolute Gasteiger partial charge is 0.250 e. The van der Waals surface area contributed by atoms with Gasteiger partial charge in [-0.05, 0) is 43.1 Å². The van der Waals surface area contributed by atoms with E-state index in [-0.39, 0.29) is 43.3 Å². The van der Waals surface area contributed by atoms with Crippen LogP contribution in [0.15, 0.2) is 18.3 Å². The van der Waals surface area contributed by atoms with Crippen molar-refractivity contribution in [3.05, 3.63) is 23.4 Å². The Balaban J connectivity index is 1.49. The van der Waals surface area contributed by atoms with Gasteiger partial charge >= 0.3 is 0 Å². The van der Waals surface area contributed by atoms with Crippen molar-refractivity contribution >= 4 is 35.2 Å². The minimum atomic E-state index is -1.43. The number of ether oxygens (including phenoxy) is 1. The number of halogens is 1. The van der Waals surface area contributed by atoms with E-state index < -0.39 is 53.5 Å². The molecule has 5 atom stereocenters. The summed E-state index contributed by atoms with van der Waals surface area (Å²) >= 11 is 5.95. The number of nitrogens with one attached hydrogen (secondary N) is 3. The molecular formula is C30H45ClN6O6. The van der Waals surface area contributed by atoms with Crippen molar-refractivity contribution in [1.29, 1.82) is 0 Å². The molecule has 238 valence electrons. The summed E-state index contributed by atoms with van der Waals surface area (Å²) < 4.78 is 6.01. The van der Waals surface area contributed by atoms with E-state index in [1.54, 1.807) is 12.1 Å². The highest BCUT2D eigenvalue weighted by molar-refractivity contribution is 6.30. The second-order valence-electron chi connectivity index (χ2n) is 13.1. The van der Waals surface area contributed by atoms with Gasteiger partial charge in [0.25, 0.3) is 5.91 Å². The normalized spacial score (nSPS) is 23.2. The Morgan fingerprint density at radius 3 is 2.42 bits per heavy atom. The zero-order valence-corrected chi connectivity index (χ0v) is 25.9. The van der Waals surface area contributed by atoms with Crippen molar-refractivity contribution in [3.8, 4) is 5.88 Å². The van der Waals surface area contributed by atoms with Gasteiger partial charge in [0.1, 0.15) is 24.3 Å². The summed E-state index contributed by atoms with van der Waals surface area (Å²) in [4.78, 5) is 58.6. The maximum absolute atomic E-state index is 14.1. The molecule has 6 N–H and O–H groups in total. The lowest BCUT2D eigenvalue weighted by atomic mass is 9.82. The summed E-state index contributed by atoms with van der Waals surface area (Å²) in [7, 11) is 0. The summed E-state index contributed by atoms with van der Waals surface area (Å²) in [5.74, 6) is -1.58. The zero-order chi connectivity index (χ0) is 31.3. The highest BCUT2D eigenvalue weighted by atomic mass is 35.5. The van der Waals surface area contributed by atoms with Gasteiger partial charge in [-0.2, -0.15) is 0 Å². The van der Waals surface area contributed by atoms with Crippen LogP contribution in [0.25, 0.3) is 0 Å². The lowest BCUT2D eigenvalue weighted by Crippen LogP contribution is -2.60. The van der Waals surface area contributed by atoms with Crippen molar-refractivity contribution < 1.29 is 29.0 Å². The van der Waals surface area contributed by atoms with E-state index >= 15 is 0 Å². The Hall–Kier alpha value is -2.96. The summed E-state index contributed by atoms with van der Waals surface area (Å²) in [6.45, 7) is 5.27. The number of aliphatic hydroxyl groups is 1. The van der Waals surface area contributed by atoms with E-state index in [0.29, 0.717) is 5.02 Å². The molecular weight excluding hydrogens is 576 g/mol. The minimum absolute atomic E-state index is 0.0583. The predicted molar refractivity (Wildman–Crippen MR) is 160 cm³/mol. The molecule has 1 saturated heterocycles. The maximum Gasteiger partial charge on any atom is 0.250 e. The molecule has 4 amide bonds. The van der Waals surface area contributed by atoms with Gasteiger partial charge < -0.3 is 36.4 Å². The fraction of sp³-hybridized carbons (Fsp3) is 0.700. The number of rotatable bonds is 11. The number of nitrogens with zero attached hydrogens (tertiary/aromatic N) is 2. The molecule has 2 aliphatic carbocycles. The predicted octanol–water partition coefficient (Wildman–Crippen LogP) is 1.28. The van der Waals surface area contributed by atoms with Crippen LogP contribution in [0.5, 0.6) is 5.88 Å². The molecule has 1 aliphatic heterocycles. The largest absolute Gasteiger partial charge is 0.472 e. The van der Waals surface area contributed by atoms with E-state index in [0.717, 1.165) is 44.9 Å². The number of carbonyl (C=O) groups is 4. The van der Waals surface area contributed by atoms with Crippen molar-refractivity contribution in [2.24, 2.45) is 17.1 Å². The Morgan fingerprint density at radius 2 is 1.81 bits per heavy atom. The number of hydrogen-bond acceptors (Lipinski definition) is 8. The number of aliphatic hydroxyl groups excluding tert-OH is 1. The molecule has 2 saturated carbocycles. The number of likely N-dealkylation sites (tertiary alicyclic amines) is 1. The van der Waals surface area contributed by atoms with Gasteiger partial charge in [-0.25, -0.2) is 4.98 Å². The molecule has 2 heterocycles. The highest BCUT2D eigenvalue weighted by Gasteiger charge is 2.46. The van der Waals surface area contributed by atoms with E-state index in [2.05, 4.69) is 20.9 Å². The molecule has 43 heavy (non-hydrogen) atoms. The van der Waals surface area contributed by atoms with E-state index in [4.69, 9.17) is 22.1 Å². The number of amides is 4. The molecule has 0 radical (unpaired) electrons. The second-order valence-corrected chi connectivity index (χ2v) is 13.5. The Kier molecular flexibility index (Phi) is 10.9. The topological polar surface area (TPSA) is 176 Å². The van der Waals surface area contributed by atoms with Crippen LogP contribution in [0, 0.1) is 11.3 Å². The van der Waals surface area contributed by atoms with Gasteiger partial charge in [0.2, 0.25) is 23.6 Å². The molecule has 1 aromatic heterocycles. The van der Waals surface area contributed by atoms with Gasteiger partial charge in [-0.15, -0.1) is 0 Å². The molecule has 0 aromatic carbocycles. The average Bonchev–Trinajstić information content (AvgIpc) is 3.70. The molecule has 13 heteroatoms. The average molecular weight is 621 g/mol. The first-order valence-corrected chi connectivity index (χ1v) is 15.6. The number of nitrogens with two attached hydrogens (primary N) is 1. The monoisotopic (exact) mass is 620 g/mol. The van der Waals surface area contributed by atoms with Gasteiger partial charge in [0, 0.05) is 24.7 Å². The molecule has 0 bridgehead atoms. The first-order valence-electron chi connectivity index (χ1n) is 15.2. The third-order valence-electron chi connectivity index (χ3n) is 8.39. The van der Waals surface area contributed by atoms with Crippen molar-refractivity contribution in [3.63, 3.8) is 0 Å². The van der Waals surface area contributed by atoms with Crippen LogP contribution in [-0.4, -0.2) is 88.1 Å². The minimum Gasteiger partial charge on any atom is -0.472 e. The fourth-order valence-electron chi connectivity index (χ4n) is 5.67. The third kappa shape index (κ3) is 9.02. The van der Waals surface area contributed by atoms with E-state index in [9.17, 15) is 24.3 Å². The molecule has 3 aliphatic rings. The van der Waals surface area contributed by atoms with Crippen molar-refractivity contribution in [2.75, 3.05) is 13.1 Å². The number of pyridine rings is 1. The summed E-state index contributed by atoms with van der Waals surface area (Å²) in [6, 6.07) is 0.619. The molecule has 3 fully saturated rings. The molecule has 0 spiro atoms. The van der Waals surface area contributed by atoms with Gasteiger partial charge in [-0.1, -0.05) is 51.6 Å². The molecule has 12 nitrogen and oxygen atoms in total. The summed E-state index contributed by atoms with van der Waals surface area (Å²) in [5, 5.41) is 18.9. The highest BCUT2D eigenvalue weighted by Crippen LogP contribution is 2.30. The SMILES string of the molecule is CC(C)(C)[C@H](NC(=O)[C@@H](N)C1CCCCC1)C(=O)N1C[C@H](Oc2ccc(Cl)cn2)C[C@H]1C(=O)NCC(O)C(=O)NC1CC1. The number of aromatic nitrogens is 1. The van der Waals surface area contributed by atoms with Crippen LogP contribution in [0.4, 0.5) is 0 Å². The van der Waals surface area contributed by atoms with Crippen LogP contribution in [0.2, 0.25) is 5.02 Å². The molecule has 1 aromatic rings. The first-order chi connectivity index (χ1) is 20.3. The third-order valence-corrected chi connectivity index (χ3v) is 8.62. The number of hydrogen-bond donors (Lipinski definition) is 5. The first kappa shape index (κ1) is 32.9. The van der Waals surface area contributed by atoms with Gasteiger partial charge in [0.05, 0.1) is 24.2 Å². The van der Waals surface area contributed by atoms with Crippen LogP contribution in [-0.2, 0) is 19.2 Å². The lowest BCUT2D eigenvalue weighted by molar-refractivity contribution is -0.144. The van der Waals surface area contributed by atoms with Gasteiger partial charge in [0.15, 0.2) is 0 Å². The molecule has 4 rings (SSSR count). The van der Waals surface area contributed by atoms with Crippen molar-refractivity contribution in [1.82, 2.24) is 25.8 Å². The van der Waals surface area contributed by atoms with E-state index in [1.165, 1.54) is 11.1 Å². The maximum atomic E-state index is 14.1. The van der Waals surface area contributed by atoms with Gasteiger partial charge in [-0.3, -0.25) is 19.2 Å². The lowest BCUT2D eigenvalue weighted by Gasteiger charge is -2.36.